The summed E-state index contributed by atoms with van der Waals surface area (Å²) >= 11 is 3.13. The van der Waals surface area contributed by atoms with Crippen LogP contribution in [0.15, 0.2) is 58.9 Å². The molecule has 0 fully saturated rings. The summed E-state index contributed by atoms with van der Waals surface area (Å²) in [7, 11) is 1.58. The van der Waals surface area contributed by atoms with Crippen LogP contribution in [0.4, 0.5) is 11.4 Å². The van der Waals surface area contributed by atoms with Crippen LogP contribution in [0.2, 0.25) is 0 Å². The van der Waals surface area contributed by atoms with Crippen LogP contribution in [0.25, 0.3) is 10.6 Å². The fraction of sp³-hybridized carbons (Fsp3) is 0.143. The number of carbonyl (C=O) groups excluding carboxylic acids is 2. The van der Waals surface area contributed by atoms with Crippen LogP contribution in [0.5, 0.6) is 5.75 Å². The van der Waals surface area contributed by atoms with Gasteiger partial charge in [0.25, 0.3) is 0 Å². The second kappa shape index (κ2) is 9.54. The van der Waals surface area contributed by atoms with Gasteiger partial charge in [-0.25, -0.2) is 4.98 Å². The van der Waals surface area contributed by atoms with Crippen molar-refractivity contribution in [2.45, 2.75) is 13.0 Å². The highest BCUT2D eigenvalue weighted by Gasteiger charge is 2.11. The van der Waals surface area contributed by atoms with Crippen molar-refractivity contribution in [2.75, 3.05) is 17.7 Å². The summed E-state index contributed by atoms with van der Waals surface area (Å²) < 4.78 is 6.56. The SMILES string of the molecule is COc1ccc(NC(=O)Cn2cc(NC(=O)Cc3csc(-c4ccsc4)n3)cn2)cc1. The summed E-state index contributed by atoms with van der Waals surface area (Å²) in [5.74, 6) is 0.296. The predicted molar refractivity (Wildman–Crippen MR) is 122 cm³/mol. The molecule has 0 aliphatic rings. The lowest BCUT2D eigenvalue weighted by Gasteiger charge is -2.06. The van der Waals surface area contributed by atoms with Crippen molar-refractivity contribution in [2.24, 2.45) is 0 Å². The molecule has 31 heavy (non-hydrogen) atoms. The normalized spacial score (nSPS) is 10.6. The van der Waals surface area contributed by atoms with E-state index in [0.717, 1.165) is 16.3 Å². The van der Waals surface area contributed by atoms with E-state index in [4.69, 9.17) is 4.74 Å². The van der Waals surface area contributed by atoms with Gasteiger partial charge in [-0.05, 0) is 35.7 Å². The summed E-state index contributed by atoms with van der Waals surface area (Å²) in [5.41, 5.74) is 2.97. The van der Waals surface area contributed by atoms with Gasteiger partial charge < -0.3 is 15.4 Å². The number of carbonyl (C=O) groups is 2. The van der Waals surface area contributed by atoms with Crippen LogP contribution in [0.3, 0.4) is 0 Å². The highest BCUT2D eigenvalue weighted by Crippen LogP contribution is 2.26. The van der Waals surface area contributed by atoms with Crippen molar-refractivity contribution in [3.05, 3.63) is 64.6 Å². The number of hydrogen-bond acceptors (Lipinski definition) is 7. The van der Waals surface area contributed by atoms with E-state index in [-0.39, 0.29) is 24.8 Å². The molecule has 4 aromatic rings. The number of ether oxygens (including phenoxy) is 1. The minimum Gasteiger partial charge on any atom is -0.497 e. The Bertz CT molecular complexity index is 1170. The molecule has 0 bridgehead atoms. The van der Waals surface area contributed by atoms with Gasteiger partial charge >= 0.3 is 0 Å². The first-order valence-electron chi connectivity index (χ1n) is 9.32. The fourth-order valence-corrected chi connectivity index (χ4v) is 4.35. The fourth-order valence-electron chi connectivity index (χ4n) is 2.81. The van der Waals surface area contributed by atoms with Gasteiger partial charge in [-0.3, -0.25) is 14.3 Å². The third kappa shape index (κ3) is 5.56. The molecular formula is C21H19N5O3S2. The second-order valence-corrected chi connectivity index (χ2v) is 8.22. The molecule has 2 amide bonds. The van der Waals surface area contributed by atoms with Crippen molar-refractivity contribution < 1.29 is 14.3 Å². The third-order valence-corrected chi connectivity index (χ3v) is 5.88. The number of hydrogen-bond donors (Lipinski definition) is 2. The Morgan fingerprint density at radius 3 is 2.61 bits per heavy atom. The average molecular weight is 454 g/mol. The summed E-state index contributed by atoms with van der Waals surface area (Å²) in [6.45, 7) is 0.0258. The molecule has 3 aromatic heterocycles. The molecule has 0 aliphatic carbocycles. The zero-order chi connectivity index (χ0) is 21.6. The molecule has 0 unspecified atom stereocenters. The molecule has 3 heterocycles. The van der Waals surface area contributed by atoms with E-state index in [0.29, 0.717) is 17.1 Å². The van der Waals surface area contributed by atoms with Crippen molar-refractivity contribution in [3.63, 3.8) is 0 Å². The van der Waals surface area contributed by atoms with Crippen molar-refractivity contribution in [3.8, 4) is 16.3 Å². The Balaban J connectivity index is 1.28. The molecule has 0 aliphatic heterocycles. The largest absolute Gasteiger partial charge is 0.497 e. The Labute approximate surface area is 186 Å². The number of thiazole rings is 1. The number of amides is 2. The van der Waals surface area contributed by atoms with E-state index in [1.807, 2.05) is 22.2 Å². The number of methoxy groups -OCH3 is 1. The maximum Gasteiger partial charge on any atom is 0.246 e. The Kier molecular flexibility index (Phi) is 6.39. The monoisotopic (exact) mass is 453 g/mol. The first-order chi connectivity index (χ1) is 15.1. The van der Waals surface area contributed by atoms with Crippen LogP contribution in [-0.2, 0) is 22.6 Å². The summed E-state index contributed by atoms with van der Waals surface area (Å²) in [4.78, 5) is 29.1. The molecule has 2 N–H and O–H groups in total. The van der Waals surface area contributed by atoms with Crippen LogP contribution in [-0.4, -0.2) is 33.7 Å². The molecule has 0 saturated heterocycles. The predicted octanol–water partition coefficient (Wildman–Crippen LogP) is 3.90. The van der Waals surface area contributed by atoms with E-state index < -0.39 is 0 Å². The molecule has 4 rings (SSSR count). The van der Waals surface area contributed by atoms with Gasteiger partial charge in [0, 0.05) is 28.2 Å². The number of anilines is 2. The van der Waals surface area contributed by atoms with E-state index in [1.165, 1.54) is 22.2 Å². The van der Waals surface area contributed by atoms with Crippen LogP contribution < -0.4 is 15.4 Å². The van der Waals surface area contributed by atoms with Crippen molar-refractivity contribution in [1.82, 2.24) is 14.8 Å². The number of nitrogens with zero attached hydrogens (tertiary/aromatic N) is 3. The van der Waals surface area contributed by atoms with Crippen molar-refractivity contribution >= 4 is 45.9 Å². The lowest BCUT2D eigenvalue weighted by molar-refractivity contribution is -0.117. The molecule has 158 valence electrons. The minimum atomic E-state index is -0.227. The lowest BCUT2D eigenvalue weighted by atomic mass is 10.3. The Hall–Kier alpha value is -3.50. The molecule has 0 radical (unpaired) electrons. The Morgan fingerprint density at radius 2 is 1.87 bits per heavy atom. The van der Waals surface area contributed by atoms with E-state index in [9.17, 15) is 9.59 Å². The van der Waals surface area contributed by atoms with Gasteiger partial charge in [0.15, 0.2) is 0 Å². The second-order valence-electron chi connectivity index (χ2n) is 6.58. The topological polar surface area (TPSA) is 98.1 Å². The molecule has 0 spiro atoms. The molecule has 1 aromatic carbocycles. The van der Waals surface area contributed by atoms with E-state index in [1.54, 1.807) is 48.9 Å². The van der Waals surface area contributed by atoms with Gasteiger partial charge in [-0.2, -0.15) is 16.4 Å². The van der Waals surface area contributed by atoms with E-state index in [2.05, 4.69) is 20.7 Å². The summed E-state index contributed by atoms with van der Waals surface area (Å²) in [5, 5.41) is 16.5. The average Bonchev–Trinajstić information content (AvgIpc) is 3.51. The first-order valence-corrected chi connectivity index (χ1v) is 11.1. The minimum absolute atomic E-state index is 0.0258. The summed E-state index contributed by atoms with van der Waals surface area (Å²) in [6.07, 6.45) is 3.30. The van der Waals surface area contributed by atoms with E-state index >= 15 is 0 Å². The zero-order valence-corrected chi connectivity index (χ0v) is 18.2. The number of nitrogens with one attached hydrogen (secondary N) is 2. The van der Waals surface area contributed by atoms with Gasteiger partial charge in [0.1, 0.15) is 17.3 Å². The number of benzene rings is 1. The molecule has 0 atom stereocenters. The Morgan fingerprint density at radius 1 is 1.06 bits per heavy atom. The highest BCUT2D eigenvalue weighted by molar-refractivity contribution is 7.14. The number of thiophene rings is 1. The van der Waals surface area contributed by atoms with Gasteiger partial charge in [0.2, 0.25) is 11.8 Å². The van der Waals surface area contributed by atoms with Gasteiger partial charge in [0.05, 0.1) is 31.1 Å². The standard InChI is InChI=1S/C21H19N5O3S2/c1-29-18-4-2-15(3-5-18)23-20(28)11-26-10-17(9-22-26)24-19(27)8-16-13-31-21(25-16)14-6-7-30-12-14/h2-7,9-10,12-13H,8,11H2,1H3,(H,23,28)(H,24,27). The maximum absolute atomic E-state index is 12.3. The third-order valence-electron chi connectivity index (χ3n) is 4.26. The highest BCUT2D eigenvalue weighted by atomic mass is 32.1. The van der Waals surface area contributed by atoms with Crippen LogP contribution in [0.1, 0.15) is 5.69 Å². The lowest BCUT2D eigenvalue weighted by Crippen LogP contribution is -2.19. The van der Waals surface area contributed by atoms with Crippen molar-refractivity contribution in [1.29, 1.82) is 0 Å². The summed E-state index contributed by atoms with van der Waals surface area (Å²) in [6, 6.07) is 9.06. The number of aromatic nitrogens is 3. The number of rotatable bonds is 8. The molecular weight excluding hydrogens is 434 g/mol. The maximum atomic E-state index is 12.3. The quantitative estimate of drug-likeness (QED) is 0.422. The zero-order valence-electron chi connectivity index (χ0n) is 16.6. The van der Waals surface area contributed by atoms with Gasteiger partial charge in [-0.15, -0.1) is 11.3 Å². The smallest absolute Gasteiger partial charge is 0.246 e. The van der Waals surface area contributed by atoms with Crippen LogP contribution in [0, 0.1) is 0 Å². The molecule has 10 heteroatoms. The first kappa shape index (κ1) is 20.8. The molecule has 8 nitrogen and oxygen atoms in total. The van der Waals surface area contributed by atoms with Gasteiger partial charge in [-0.1, -0.05) is 0 Å². The molecule has 0 saturated carbocycles. The van der Waals surface area contributed by atoms with Crippen LogP contribution >= 0.6 is 22.7 Å².